The third-order valence-electron chi connectivity index (χ3n) is 6.82. The number of carbonyl (C=O) groups excluding carboxylic acids is 3. The second-order valence-electron chi connectivity index (χ2n) is 10.0. The first-order valence-corrected chi connectivity index (χ1v) is 13.7. The number of phenols is 1. The van der Waals surface area contributed by atoms with Gasteiger partial charge >= 0.3 is 12.0 Å². The third-order valence-corrected chi connectivity index (χ3v) is 6.82. The van der Waals surface area contributed by atoms with E-state index in [2.05, 4.69) is 20.9 Å². The summed E-state index contributed by atoms with van der Waals surface area (Å²) in [6.45, 7) is 4.14. The Morgan fingerprint density at radius 3 is 2.37 bits per heavy atom. The molecule has 9 nitrogen and oxygen atoms in total. The third kappa shape index (κ3) is 9.04. The summed E-state index contributed by atoms with van der Waals surface area (Å²) in [5, 5.41) is 18.2. The summed E-state index contributed by atoms with van der Waals surface area (Å²) in [6, 6.07) is 17.6. The number of halogens is 1. The Morgan fingerprint density at radius 2 is 1.68 bits per heavy atom. The molecule has 0 radical (unpaired) electrons. The molecule has 41 heavy (non-hydrogen) atoms. The van der Waals surface area contributed by atoms with E-state index < -0.39 is 18.0 Å². The number of ether oxygens (including phenoxy) is 1. The second-order valence-corrected chi connectivity index (χ2v) is 10.0. The number of urea groups is 1. The molecule has 0 aromatic heterocycles. The van der Waals surface area contributed by atoms with Gasteiger partial charge in [-0.05, 0) is 86.0 Å². The first-order chi connectivity index (χ1) is 19.8. The molecular formula is C31H35FN4O5. The zero-order valence-corrected chi connectivity index (χ0v) is 22.9. The summed E-state index contributed by atoms with van der Waals surface area (Å²) in [4.78, 5) is 40.4. The lowest BCUT2D eigenvalue weighted by Crippen LogP contribution is -2.54. The molecule has 3 amide bonds. The zero-order valence-electron chi connectivity index (χ0n) is 22.9. The highest BCUT2D eigenvalue weighted by atomic mass is 19.1. The molecule has 1 fully saturated rings. The SMILES string of the molecule is CCOC(=O)c1ccc(NC(=O)N[C@@H](Cc2ccc(O)cc2)C(=O)NC2CCCN(Cc3ccc(F)cc3)C2)cc1. The van der Waals surface area contributed by atoms with Crippen molar-refractivity contribution in [2.75, 3.05) is 25.0 Å². The quantitative estimate of drug-likeness (QED) is 0.275. The minimum absolute atomic E-state index is 0.107. The standard InChI is InChI=1S/C31H35FN4O5/c1-2-41-30(39)23-9-13-25(14-10-23)34-31(40)35-28(18-21-7-15-27(37)16-8-21)29(38)33-26-4-3-17-36(20-26)19-22-5-11-24(32)12-6-22/h5-16,26,28,37H,2-4,17-20H2,1H3,(H,33,38)(H2,34,35,40)/t26?,28-/m0/s1. The van der Waals surface area contributed by atoms with E-state index in [0.29, 0.717) is 24.3 Å². The number of anilines is 1. The summed E-state index contributed by atoms with van der Waals surface area (Å²) in [5.41, 5.74) is 2.58. The number of esters is 1. The van der Waals surface area contributed by atoms with Crippen LogP contribution in [0.15, 0.2) is 72.8 Å². The average molecular weight is 563 g/mol. The number of aromatic hydroxyl groups is 1. The Bertz CT molecular complexity index is 1320. The molecule has 1 unspecified atom stereocenters. The van der Waals surface area contributed by atoms with Gasteiger partial charge in [0.25, 0.3) is 0 Å². The molecule has 0 spiro atoms. The molecule has 1 heterocycles. The number of likely N-dealkylation sites (tertiary alicyclic amines) is 1. The molecule has 216 valence electrons. The monoisotopic (exact) mass is 562 g/mol. The maximum Gasteiger partial charge on any atom is 0.338 e. The minimum atomic E-state index is -0.883. The summed E-state index contributed by atoms with van der Waals surface area (Å²) in [7, 11) is 0. The Kier molecular flexibility index (Phi) is 10.3. The largest absolute Gasteiger partial charge is 0.508 e. The van der Waals surface area contributed by atoms with Gasteiger partial charge in [-0.3, -0.25) is 9.69 Å². The summed E-state index contributed by atoms with van der Waals surface area (Å²) >= 11 is 0. The van der Waals surface area contributed by atoms with Crippen LogP contribution >= 0.6 is 0 Å². The number of benzene rings is 3. The van der Waals surface area contributed by atoms with Gasteiger partial charge in [-0.25, -0.2) is 14.0 Å². The number of amides is 3. The van der Waals surface area contributed by atoms with Gasteiger partial charge in [0.05, 0.1) is 12.2 Å². The van der Waals surface area contributed by atoms with Crippen LogP contribution in [0.1, 0.15) is 41.3 Å². The fraction of sp³-hybridized carbons (Fsp3) is 0.323. The van der Waals surface area contributed by atoms with E-state index in [-0.39, 0.29) is 36.5 Å². The number of phenolic OH excluding ortho intramolecular Hbond substituents is 1. The summed E-state index contributed by atoms with van der Waals surface area (Å²) in [5.74, 6) is -0.940. The van der Waals surface area contributed by atoms with Gasteiger partial charge in [0.15, 0.2) is 0 Å². The molecule has 2 atom stereocenters. The molecule has 3 aromatic carbocycles. The van der Waals surface area contributed by atoms with Crippen molar-refractivity contribution in [2.45, 2.75) is 44.8 Å². The average Bonchev–Trinajstić information content (AvgIpc) is 2.96. The number of nitrogens with zero attached hydrogens (tertiary/aromatic N) is 1. The number of carbonyl (C=O) groups is 3. The van der Waals surface area contributed by atoms with E-state index in [1.165, 1.54) is 24.3 Å². The van der Waals surface area contributed by atoms with Crippen LogP contribution in [0.4, 0.5) is 14.9 Å². The number of nitrogens with one attached hydrogen (secondary N) is 3. The lowest BCUT2D eigenvalue weighted by molar-refractivity contribution is -0.124. The molecule has 1 aliphatic heterocycles. The normalized spacial score (nSPS) is 15.9. The van der Waals surface area contributed by atoms with Crippen LogP contribution in [-0.4, -0.2) is 59.7 Å². The lowest BCUT2D eigenvalue weighted by atomic mass is 10.0. The highest BCUT2D eigenvalue weighted by Gasteiger charge is 2.27. The second kappa shape index (κ2) is 14.3. The molecule has 0 bridgehead atoms. The maximum absolute atomic E-state index is 13.4. The van der Waals surface area contributed by atoms with Gasteiger partial charge in [0.1, 0.15) is 17.6 Å². The zero-order chi connectivity index (χ0) is 29.2. The van der Waals surface area contributed by atoms with Crippen molar-refractivity contribution in [1.82, 2.24) is 15.5 Å². The molecule has 1 saturated heterocycles. The molecular weight excluding hydrogens is 527 g/mol. The van der Waals surface area contributed by atoms with Crippen LogP contribution in [0.3, 0.4) is 0 Å². The van der Waals surface area contributed by atoms with Crippen LogP contribution < -0.4 is 16.0 Å². The van der Waals surface area contributed by atoms with E-state index in [0.717, 1.165) is 30.5 Å². The van der Waals surface area contributed by atoms with Crippen molar-refractivity contribution in [3.05, 3.63) is 95.3 Å². The van der Waals surface area contributed by atoms with Gasteiger partial charge in [-0.2, -0.15) is 0 Å². The van der Waals surface area contributed by atoms with Gasteiger partial charge in [0, 0.05) is 31.2 Å². The smallest absolute Gasteiger partial charge is 0.338 e. The number of piperidine rings is 1. The topological polar surface area (TPSA) is 120 Å². The highest BCUT2D eigenvalue weighted by Crippen LogP contribution is 2.16. The predicted octanol–water partition coefficient (Wildman–Crippen LogP) is 4.22. The molecule has 0 saturated carbocycles. The predicted molar refractivity (Wildman–Crippen MR) is 153 cm³/mol. The van der Waals surface area contributed by atoms with Crippen LogP contribution in [0.2, 0.25) is 0 Å². The van der Waals surface area contributed by atoms with Crippen molar-refractivity contribution < 1.29 is 28.6 Å². The fourth-order valence-electron chi connectivity index (χ4n) is 4.77. The van der Waals surface area contributed by atoms with E-state index in [4.69, 9.17) is 4.74 Å². The van der Waals surface area contributed by atoms with Crippen molar-refractivity contribution in [3.8, 4) is 5.75 Å². The summed E-state index contributed by atoms with van der Waals surface area (Å²) in [6.07, 6.45) is 1.91. The van der Waals surface area contributed by atoms with Gasteiger partial charge < -0.3 is 25.8 Å². The molecule has 4 N–H and O–H groups in total. The minimum Gasteiger partial charge on any atom is -0.508 e. The van der Waals surface area contributed by atoms with Crippen LogP contribution in [0.25, 0.3) is 0 Å². The lowest BCUT2D eigenvalue weighted by Gasteiger charge is -2.34. The fourth-order valence-corrected chi connectivity index (χ4v) is 4.77. The molecule has 4 rings (SSSR count). The molecule has 0 aliphatic carbocycles. The number of hydrogen-bond donors (Lipinski definition) is 4. The Balaban J connectivity index is 1.39. The van der Waals surface area contributed by atoms with Gasteiger partial charge in [-0.1, -0.05) is 24.3 Å². The van der Waals surface area contributed by atoms with Gasteiger partial charge in [0.2, 0.25) is 5.91 Å². The first-order valence-electron chi connectivity index (χ1n) is 13.7. The highest BCUT2D eigenvalue weighted by molar-refractivity contribution is 5.95. The van der Waals surface area contributed by atoms with E-state index in [9.17, 15) is 23.9 Å². The van der Waals surface area contributed by atoms with Crippen molar-refractivity contribution >= 4 is 23.6 Å². The molecule has 3 aromatic rings. The Hall–Kier alpha value is -4.44. The number of rotatable bonds is 10. The maximum atomic E-state index is 13.4. The van der Waals surface area contributed by atoms with E-state index in [1.807, 2.05) is 0 Å². The van der Waals surface area contributed by atoms with Crippen LogP contribution in [-0.2, 0) is 22.5 Å². The van der Waals surface area contributed by atoms with Crippen LogP contribution in [0.5, 0.6) is 5.75 Å². The van der Waals surface area contributed by atoms with Crippen molar-refractivity contribution in [2.24, 2.45) is 0 Å². The number of hydrogen-bond acceptors (Lipinski definition) is 6. The Morgan fingerprint density at radius 1 is 1.00 bits per heavy atom. The summed E-state index contributed by atoms with van der Waals surface area (Å²) < 4.78 is 18.3. The Labute approximate surface area is 238 Å². The van der Waals surface area contributed by atoms with Crippen LogP contribution in [0, 0.1) is 5.82 Å². The van der Waals surface area contributed by atoms with Crippen molar-refractivity contribution in [3.63, 3.8) is 0 Å². The molecule has 10 heteroatoms. The molecule has 1 aliphatic rings. The van der Waals surface area contributed by atoms with E-state index >= 15 is 0 Å². The van der Waals surface area contributed by atoms with E-state index in [1.54, 1.807) is 55.5 Å². The first kappa shape index (κ1) is 29.5. The van der Waals surface area contributed by atoms with Gasteiger partial charge in [-0.15, -0.1) is 0 Å². The van der Waals surface area contributed by atoms with Crippen molar-refractivity contribution in [1.29, 1.82) is 0 Å².